The summed E-state index contributed by atoms with van der Waals surface area (Å²) in [6.07, 6.45) is 4.67. The first kappa shape index (κ1) is 13.1. The van der Waals surface area contributed by atoms with Crippen LogP contribution in [0.4, 0.5) is 0 Å². The highest BCUT2D eigenvalue weighted by Gasteiger charge is 2.22. The van der Waals surface area contributed by atoms with E-state index < -0.39 is 5.97 Å². The third-order valence-corrected chi connectivity index (χ3v) is 3.67. The van der Waals surface area contributed by atoms with Gasteiger partial charge in [-0.05, 0) is 31.4 Å². The van der Waals surface area contributed by atoms with Gasteiger partial charge in [0.15, 0.2) is 0 Å². The van der Waals surface area contributed by atoms with Gasteiger partial charge in [0.25, 0.3) is 0 Å². The highest BCUT2D eigenvalue weighted by Crippen LogP contribution is 2.22. The van der Waals surface area contributed by atoms with Crippen LogP contribution in [-0.4, -0.2) is 28.6 Å². The van der Waals surface area contributed by atoms with Gasteiger partial charge in [-0.15, -0.1) is 0 Å². The molecule has 18 heavy (non-hydrogen) atoms. The van der Waals surface area contributed by atoms with Crippen LogP contribution in [0.15, 0.2) is 30.3 Å². The van der Waals surface area contributed by atoms with Crippen LogP contribution in [0.1, 0.15) is 37.7 Å². The molecule has 1 unspecified atom stereocenters. The Kier molecular flexibility index (Phi) is 4.76. The average Bonchev–Trinajstić information content (AvgIpc) is 2.39. The van der Waals surface area contributed by atoms with E-state index in [9.17, 15) is 4.79 Å². The first-order valence-corrected chi connectivity index (χ1v) is 6.75. The summed E-state index contributed by atoms with van der Waals surface area (Å²) in [4.78, 5) is 13.1. The molecule has 1 heterocycles. The van der Waals surface area contributed by atoms with Crippen LogP contribution in [0, 0.1) is 0 Å². The van der Waals surface area contributed by atoms with Gasteiger partial charge >= 0.3 is 5.97 Å². The lowest BCUT2D eigenvalue weighted by Gasteiger charge is -2.35. The van der Waals surface area contributed by atoms with Gasteiger partial charge in [0.05, 0.1) is 0 Å². The number of hydrogen-bond acceptors (Lipinski definition) is 2. The predicted octanol–water partition coefficient (Wildman–Crippen LogP) is 2.91. The van der Waals surface area contributed by atoms with Crippen LogP contribution in [0.3, 0.4) is 0 Å². The quantitative estimate of drug-likeness (QED) is 0.869. The zero-order valence-electron chi connectivity index (χ0n) is 10.7. The molecule has 0 aliphatic carbocycles. The van der Waals surface area contributed by atoms with Gasteiger partial charge in [-0.2, -0.15) is 0 Å². The molecule has 1 N–H and O–H groups in total. The second-order valence-corrected chi connectivity index (χ2v) is 5.04. The van der Waals surface area contributed by atoms with E-state index in [4.69, 9.17) is 5.11 Å². The number of piperidine rings is 1. The molecule has 0 saturated carbocycles. The van der Waals surface area contributed by atoms with E-state index in [0.29, 0.717) is 6.04 Å². The van der Waals surface area contributed by atoms with Crippen molar-refractivity contribution in [2.45, 2.75) is 44.7 Å². The van der Waals surface area contributed by atoms with Crippen molar-refractivity contribution in [1.29, 1.82) is 0 Å². The molecule has 1 aliphatic heterocycles. The van der Waals surface area contributed by atoms with Crippen molar-refractivity contribution in [2.24, 2.45) is 0 Å². The number of hydrogen-bond donors (Lipinski definition) is 1. The molecule has 0 amide bonds. The topological polar surface area (TPSA) is 40.5 Å². The molecule has 1 saturated heterocycles. The summed E-state index contributed by atoms with van der Waals surface area (Å²) in [7, 11) is 0. The zero-order valence-corrected chi connectivity index (χ0v) is 10.7. The van der Waals surface area contributed by atoms with Gasteiger partial charge in [-0.25, -0.2) is 0 Å². The van der Waals surface area contributed by atoms with Crippen molar-refractivity contribution in [2.75, 3.05) is 6.54 Å². The number of nitrogens with zero attached hydrogens (tertiary/aromatic N) is 1. The second kappa shape index (κ2) is 6.55. The van der Waals surface area contributed by atoms with Crippen molar-refractivity contribution < 1.29 is 9.90 Å². The van der Waals surface area contributed by atoms with Gasteiger partial charge in [0.2, 0.25) is 0 Å². The Morgan fingerprint density at radius 1 is 1.28 bits per heavy atom. The smallest absolute Gasteiger partial charge is 0.303 e. The monoisotopic (exact) mass is 247 g/mol. The minimum absolute atomic E-state index is 0.288. The molecular formula is C15H21NO2. The maximum atomic E-state index is 10.7. The van der Waals surface area contributed by atoms with Crippen molar-refractivity contribution >= 4 is 5.97 Å². The first-order chi connectivity index (χ1) is 8.75. The predicted molar refractivity (Wildman–Crippen MR) is 71.4 cm³/mol. The van der Waals surface area contributed by atoms with Gasteiger partial charge in [-0.1, -0.05) is 36.8 Å². The minimum Gasteiger partial charge on any atom is -0.481 e. The van der Waals surface area contributed by atoms with Crippen molar-refractivity contribution in [1.82, 2.24) is 4.90 Å². The van der Waals surface area contributed by atoms with E-state index in [0.717, 1.165) is 25.9 Å². The van der Waals surface area contributed by atoms with Gasteiger partial charge < -0.3 is 5.11 Å². The summed E-state index contributed by atoms with van der Waals surface area (Å²) in [6.45, 7) is 2.05. The second-order valence-electron chi connectivity index (χ2n) is 5.04. The number of carbonyl (C=O) groups is 1. The number of aliphatic carboxylic acids is 1. The van der Waals surface area contributed by atoms with Crippen molar-refractivity contribution in [3.8, 4) is 0 Å². The van der Waals surface area contributed by atoms with E-state index in [-0.39, 0.29) is 6.42 Å². The molecule has 0 radical (unpaired) electrons. The Morgan fingerprint density at radius 3 is 2.78 bits per heavy atom. The third-order valence-electron chi connectivity index (χ3n) is 3.67. The molecule has 0 spiro atoms. The lowest BCUT2D eigenvalue weighted by Crippen LogP contribution is -2.39. The lowest BCUT2D eigenvalue weighted by molar-refractivity contribution is -0.137. The molecular weight excluding hydrogens is 226 g/mol. The molecule has 0 bridgehead atoms. The fourth-order valence-corrected chi connectivity index (χ4v) is 2.70. The number of carboxylic acid groups (broad SMARTS) is 1. The maximum absolute atomic E-state index is 10.7. The Balaban J connectivity index is 1.93. The third kappa shape index (κ3) is 3.84. The summed E-state index contributed by atoms with van der Waals surface area (Å²) in [6, 6.07) is 10.9. The number of likely N-dealkylation sites (tertiary alicyclic amines) is 1. The Labute approximate surface area is 108 Å². The largest absolute Gasteiger partial charge is 0.481 e. The summed E-state index contributed by atoms with van der Waals surface area (Å²) in [5, 5.41) is 8.80. The molecule has 1 aromatic rings. The fraction of sp³-hybridized carbons (Fsp3) is 0.533. The lowest BCUT2D eigenvalue weighted by atomic mass is 9.97. The van der Waals surface area contributed by atoms with Crippen LogP contribution < -0.4 is 0 Å². The number of rotatable bonds is 5. The Bertz CT molecular complexity index is 377. The summed E-state index contributed by atoms with van der Waals surface area (Å²) < 4.78 is 0. The molecule has 1 atom stereocenters. The summed E-state index contributed by atoms with van der Waals surface area (Å²) >= 11 is 0. The molecule has 2 rings (SSSR count). The SMILES string of the molecule is O=C(O)CCC1CCCCN1Cc1ccccc1. The van der Waals surface area contributed by atoms with E-state index in [1.807, 2.05) is 6.07 Å². The van der Waals surface area contributed by atoms with Crippen LogP contribution in [0.2, 0.25) is 0 Å². The first-order valence-electron chi connectivity index (χ1n) is 6.75. The van der Waals surface area contributed by atoms with Gasteiger partial charge in [0.1, 0.15) is 0 Å². The summed E-state index contributed by atoms with van der Waals surface area (Å²) in [5.74, 6) is -0.680. The van der Waals surface area contributed by atoms with Gasteiger partial charge in [0, 0.05) is 19.0 Å². The highest BCUT2D eigenvalue weighted by atomic mass is 16.4. The summed E-state index contributed by atoms with van der Waals surface area (Å²) in [5.41, 5.74) is 1.32. The van der Waals surface area contributed by atoms with Crippen LogP contribution in [-0.2, 0) is 11.3 Å². The normalized spacial score (nSPS) is 20.8. The van der Waals surface area contributed by atoms with Crippen LogP contribution in [0.5, 0.6) is 0 Å². The van der Waals surface area contributed by atoms with Gasteiger partial charge in [-0.3, -0.25) is 9.69 Å². The molecule has 0 aromatic heterocycles. The average molecular weight is 247 g/mol. The van der Waals surface area contributed by atoms with E-state index in [1.165, 1.54) is 18.4 Å². The minimum atomic E-state index is -0.680. The standard InChI is InChI=1S/C15H21NO2/c17-15(18)10-9-14-8-4-5-11-16(14)12-13-6-2-1-3-7-13/h1-3,6-7,14H,4-5,8-12H2,(H,17,18). The fourth-order valence-electron chi connectivity index (χ4n) is 2.70. The molecule has 1 fully saturated rings. The van der Waals surface area contributed by atoms with E-state index in [1.54, 1.807) is 0 Å². The molecule has 3 nitrogen and oxygen atoms in total. The number of benzene rings is 1. The Morgan fingerprint density at radius 2 is 2.06 bits per heavy atom. The van der Waals surface area contributed by atoms with E-state index in [2.05, 4.69) is 29.2 Å². The van der Waals surface area contributed by atoms with Crippen LogP contribution in [0.25, 0.3) is 0 Å². The zero-order chi connectivity index (χ0) is 12.8. The molecule has 98 valence electrons. The van der Waals surface area contributed by atoms with E-state index >= 15 is 0 Å². The highest BCUT2D eigenvalue weighted by molar-refractivity contribution is 5.66. The molecule has 1 aromatic carbocycles. The van der Waals surface area contributed by atoms with Crippen molar-refractivity contribution in [3.63, 3.8) is 0 Å². The maximum Gasteiger partial charge on any atom is 0.303 e. The van der Waals surface area contributed by atoms with Crippen molar-refractivity contribution in [3.05, 3.63) is 35.9 Å². The molecule has 1 aliphatic rings. The molecule has 3 heteroatoms. The number of carboxylic acids is 1. The van der Waals surface area contributed by atoms with Crippen LogP contribution >= 0.6 is 0 Å². The Hall–Kier alpha value is -1.35.